The van der Waals surface area contributed by atoms with Gasteiger partial charge in [-0.2, -0.15) is 0 Å². The molecule has 0 bridgehead atoms. The molecule has 2 N–H and O–H groups in total. The van der Waals surface area contributed by atoms with Crippen molar-refractivity contribution < 1.29 is 4.43 Å². The van der Waals surface area contributed by atoms with Gasteiger partial charge in [-0.05, 0) is 6.92 Å². The lowest BCUT2D eigenvalue weighted by atomic mass is 10.4. The van der Waals surface area contributed by atoms with E-state index in [9.17, 15) is 0 Å². The fraction of sp³-hybridized carbons (Fsp3) is 1.00. The van der Waals surface area contributed by atoms with Crippen molar-refractivity contribution in [1.29, 1.82) is 0 Å². The fourth-order valence-electron chi connectivity index (χ4n) is 0.353. The molecule has 0 aromatic rings. The van der Waals surface area contributed by atoms with Gasteiger partial charge in [0.05, 0.1) is 6.10 Å². The summed E-state index contributed by atoms with van der Waals surface area (Å²) in [5.41, 5.74) is 5.26. The first-order valence-corrected chi connectivity index (χ1v) is 4.62. The van der Waals surface area contributed by atoms with Gasteiger partial charge in [0, 0.05) is 6.54 Å². The van der Waals surface area contributed by atoms with Gasteiger partial charge in [-0.25, -0.2) is 0 Å². The Labute approximate surface area is 47.0 Å². The summed E-state index contributed by atoms with van der Waals surface area (Å²) < 4.78 is 5.20. The number of hydrogen-bond acceptors (Lipinski definition) is 2. The summed E-state index contributed by atoms with van der Waals surface area (Å²) in [6.45, 7) is 4.75. The molecule has 0 amide bonds. The van der Waals surface area contributed by atoms with E-state index in [-0.39, 0.29) is 15.9 Å². The van der Waals surface area contributed by atoms with Crippen molar-refractivity contribution in [2.45, 2.75) is 19.6 Å². The first-order valence-electron chi connectivity index (χ1n) is 2.63. The molecule has 0 aliphatic rings. The highest BCUT2D eigenvalue weighted by molar-refractivity contribution is 6.24. The number of hydrogen-bond donors (Lipinski definition) is 1. The molecule has 0 fully saturated rings. The molecule has 0 aliphatic carbocycles. The van der Waals surface area contributed by atoms with Crippen LogP contribution in [0.2, 0.25) is 6.55 Å². The van der Waals surface area contributed by atoms with E-state index in [0.29, 0.717) is 6.54 Å². The Morgan fingerprint density at radius 2 is 2.43 bits per heavy atom. The van der Waals surface area contributed by atoms with Crippen LogP contribution in [0, 0.1) is 0 Å². The first-order chi connectivity index (χ1) is 3.31. The maximum Gasteiger partial charge on any atom is 0.158 e. The van der Waals surface area contributed by atoms with E-state index in [1.54, 1.807) is 0 Å². The predicted octanol–water partition coefficient (Wildman–Crippen LogP) is -0.518. The lowest BCUT2D eigenvalue weighted by molar-refractivity contribution is 0.244. The molecule has 0 rings (SSSR count). The van der Waals surface area contributed by atoms with Gasteiger partial charge in [-0.1, -0.05) is 6.55 Å². The highest BCUT2D eigenvalue weighted by Gasteiger charge is 1.91. The molecule has 3 heteroatoms. The van der Waals surface area contributed by atoms with Crippen LogP contribution in [0.3, 0.4) is 0 Å². The van der Waals surface area contributed by atoms with E-state index >= 15 is 0 Å². The van der Waals surface area contributed by atoms with Crippen LogP contribution < -0.4 is 5.73 Å². The molecule has 7 heavy (non-hydrogen) atoms. The Kier molecular flexibility index (Phi) is 4.38. The van der Waals surface area contributed by atoms with E-state index in [1.807, 2.05) is 6.92 Å². The Bertz CT molecular complexity index is 42.7. The van der Waals surface area contributed by atoms with Gasteiger partial charge in [-0.3, -0.25) is 0 Å². The summed E-state index contributed by atoms with van der Waals surface area (Å²) in [7, 11) is -0.224. The number of rotatable bonds is 3. The molecule has 44 valence electrons. The zero-order valence-corrected chi connectivity index (χ0v) is 6.39. The zero-order valence-electron chi connectivity index (χ0n) is 4.98. The highest BCUT2D eigenvalue weighted by atomic mass is 28.2. The summed E-state index contributed by atoms with van der Waals surface area (Å²) in [5.74, 6) is 0. The van der Waals surface area contributed by atoms with Crippen molar-refractivity contribution in [3.63, 3.8) is 0 Å². The molecular weight excluding hydrogens is 106 g/mol. The minimum absolute atomic E-state index is 0.224. The topological polar surface area (TPSA) is 35.2 Å². The van der Waals surface area contributed by atoms with Crippen molar-refractivity contribution in [3.05, 3.63) is 0 Å². The van der Waals surface area contributed by atoms with Crippen LogP contribution >= 0.6 is 0 Å². The third-order valence-corrected chi connectivity index (χ3v) is 1.69. The molecule has 0 heterocycles. The highest BCUT2D eigenvalue weighted by Crippen LogP contribution is 1.81. The van der Waals surface area contributed by atoms with Gasteiger partial charge in [0.15, 0.2) is 9.76 Å². The molecule has 0 spiro atoms. The molecule has 0 saturated heterocycles. The molecule has 0 aliphatic heterocycles. The van der Waals surface area contributed by atoms with Crippen LogP contribution in [-0.4, -0.2) is 22.4 Å². The van der Waals surface area contributed by atoms with Gasteiger partial charge >= 0.3 is 0 Å². The maximum absolute atomic E-state index is 5.26. The maximum atomic E-state index is 5.26. The smallest absolute Gasteiger partial charge is 0.158 e. The lowest BCUT2D eigenvalue weighted by Crippen LogP contribution is -2.20. The van der Waals surface area contributed by atoms with Crippen LogP contribution in [0.15, 0.2) is 0 Å². The standard InChI is InChI=1S/C4H13NOSi/c1-4(3-5)6-7-2/h4H,3,5,7H2,1-2H3. The second-order valence-electron chi connectivity index (χ2n) is 1.50. The van der Waals surface area contributed by atoms with Crippen molar-refractivity contribution >= 4 is 9.76 Å². The van der Waals surface area contributed by atoms with E-state index in [1.165, 1.54) is 0 Å². The van der Waals surface area contributed by atoms with Crippen molar-refractivity contribution in [1.82, 2.24) is 0 Å². The largest absolute Gasteiger partial charge is 0.420 e. The van der Waals surface area contributed by atoms with E-state index < -0.39 is 0 Å². The molecule has 0 aromatic carbocycles. The van der Waals surface area contributed by atoms with Gasteiger partial charge in [0.2, 0.25) is 0 Å². The van der Waals surface area contributed by atoms with Gasteiger partial charge in [0.25, 0.3) is 0 Å². The van der Waals surface area contributed by atoms with Crippen LogP contribution in [0.1, 0.15) is 6.92 Å². The Balaban J connectivity index is 2.83. The predicted molar refractivity (Wildman–Crippen MR) is 34.0 cm³/mol. The zero-order chi connectivity index (χ0) is 5.70. The fourth-order valence-corrected chi connectivity index (χ4v) is 1.06. The third-order valence-electron chi connectivity index (χ3n) is 0.783. The summed E-state index contributed by atoms with van der Waals surface area (Å²) >= 11 is 0. The molecule has 0 saturated carbocycles. The monoisotopic (exact) mass is 119 g/mol. The first kappa shape index (κ1) is 7.14. The molecule has 0 radical (unpaired) electrons. The molecule has 1 atom stereocenters. The normalized spacial score (nSPS) is 15.9. The van der Waals surface area contributed by atoms with Gasteiger partial charge in [-0.15, -0.1) is 0 Å². The van der Waals surface area contributed by atoms with E-state index in [0.717, 1.165) is 0 Å². The minimum Gasteiger partial charge on any atom is -0.420 e. The van der Waals surface area contributed by atoms with Crippen LogP contribution in [0.4, 0.5) is 0 Å². The van der Waals surface area contributed by atoms with Crippen molar-refractivity contribution in [2.24, 2.45) is 5.73 Å². The summed E-state index contributed by atoms with van der Waals surface area (Å²) in [6, 6.07) is 0. The van der Waals surface area contributed by atoms with E-state index in [4.69, 9.17) is 10.2 Å². The van der Waals surface area contributed by atoms with E-state index in [2.05, 4.69) is 6.55 Å². The molecule has 0 aromatic heterocycles. The Morgan fingerprint density at radius 1 is 1.86 bits per heavy atom. The van der Waals surface area contributed by atoms with Gasteiger partial charge in [0.1, 0.15) is 0 Å². The summed E-state index contributed by atoms with van der Waals surface area (Å²) in [4.78, 5) is 0. The quantitative estimate of drug-likeness (QED) is 0.507. The summed E-state index contributed by atoms with van der Waals surface area (Å²) in [5, 5.41) is 0. The Hall–Kier alpha value is 0.137. The van der Waals surface area contributed by atoms with Crippen LogP contribution in [0.25, 0.3) is 0 Å². The second kappa shape index (κ2) is 4.30. The van der Waals surface area contributed by atoms with Crippen LogP contribution in [0.5, 0.6) is 0 Å². The van der Waals surface area contributed by atoms with Crippen molar-refractivity contribution in [3.8, 4) is 0 Å². The van der Waals surface area contributed by atoms with Crippen molar-refractivity contribution in [2.75, 3.05) is 6.54 Å². The average molecular weight is 119 g/mol. The lowest BCUT2D eigenvalue weighted by Gasteiger charge is -2.06. The average Bonchev–Trinajstić information content (AvgIpc) is 1.68. The molecule has 2 nitrogen and oxygen atoms in total. The SMILES string of the molecule is C[SiH2]OC(C)CN. The van der Waals surface area contributed by atoms with Crippen LogP contribution in [-0.2, 0) is 4.43 Å². The third kappa shape index (κ3) is 3.98. The Morgan fingerprint density at radius 3 is 2.57 bits per heavy atom. The molecular formula is C4H13NOSi. The summed E-state index contributed by atoms with van der Waals surface area (Å²) in [6.07, 6.45) is 0.289. The van der Waals surface area contributed by atoms with Gasteiger partial charge < -0.3 is 10.2 Å². The minimum atomic E-state index is -0.224. The molecule has 1 unspecified atom stereocenters. The number of nitrogens with two attached hydrogens (primary N) is 1. The second-order valence-corrected chi connectivity index (χ2v) is 2.41.